The number of amides is 2. The van der Waals surface area contributed by atoms with Crippen molar-refractivity contribution in [2.24, 2.45) is 23.7 Å². The largest absolute Gasteiger partial charge is 0.347 e. The first kappa shape index (κ1) is 21.6. The molecule has 1 fully saturated rings. The van der Waals surface area contributed by atoms with Crippen LogP contribution in [0.25, 0.3) is 0 Å². The lowest BCUT2D eigenvalue weighted by atomic mass is 9.75. The van der Waals surface area contributed by atoms with Crippen LogP contribution in [0.4, 0.5) is 4.39 Å². The third kappa shape index (κ3) is 6.47. The highest BCUT2D eigenvalue weighted by Gasteiger charge is 2.31. The molecule has 5 atom stereocenters. The highest BCUT2D eigenvalue weighted by Crippen LogP contribution is 2.34. The number of allylic oxidation sites excluding steroid dienone is 3. The first-order valence-corrected chi connectivity index (χ1v) is 10.5. The van der Waals surface area contributed by atoms with Crippen LogP contribution in [-0.4, -0.2) is 17.9 Å². The molecule has 0 heterocycles. The summed E-state index contributed by atoms with van der Waals surface area (Å²) in [6.07, 6.45) is 8.61. The minimum Gasteiger partial charge on any atom is -0.347 e. The van der Waals surface area contributed by atoms with Crippen LogP contribution in [0.3, 0.4) is 0 Å². The molecule has 2 aliphatic rings. The lowest BCUT2D eigenvalue weighted by molar-refractivity contribution is -0.127. The summed E-state index contributed by atoms with van der Waals surface area (Å²) in [4.78, 5) is 24.6. The molecule has 152 valence electrons. The predicted molar refractivity (Wildman–Crippen MR) is 106 cm³/mol. The average Bonchev–Trinajstić information content (AvgIpc) is 2.60. The van der Waals surface area contributed by atoms with Gasteiger partial charge in [0.2, 0.25) is 11.8 Å². The van der Waals surface area contributed by atoms with Gasteiger partial charge >= 0.3 is 0 Å². The number of carbonyl (C=O) groups excluding carboxylic acids is 2. The molecule has 0 saturated heterocycles. The lowest BCUT2D eigenvalue weighted by Crippen LogP contribution is -2.39. The SMILES string of the molecule is CCCC(=O)NC1CC(C)C/C(NC(=O)[C@H]2CC(C)CCC2C)=C\C=C1F. The van der Waals surface area contributed by atoms with E-state index >= 15 is 0 Å². The second-order valence-corrected chi connectivity index (χ2v) is 8.65. The maximum Gasteiger partial charge on any atom is 0.227 e. The Hall–Kier alpha value is -1.65. The summed E-state index contributed by atoms with van der Waals surface area (Å²) in [6.45, 7) is 8.31. The second-order valence-electron chi connectivity index (χ2n) is 8.65. The zero-order valence-electron chi connectivity index (χ0n) is 17.2. The smallest absolute Gasteiger partial charge is 0.227 e. The van der Waals surface area contributed by atoms with Gasteiger partial charge in [-0.2, -0.15) is 0 Å². The van der Waals surface area contributed by atoms with Gasteiger partial charge in [0.1, 0.15) is 5.83 Å². The number of halogens is 1. The monoisotopic (exact) mass is 378 g/mol. The van der Waals surface area contributed by atoms with Crippen LogP contribution in [0.1, 0.15) is 72.6 Å². The van der Waals surface area contributed by atoms with Crippen LogP contribution in [0.5, 0.6) is 0 Å². The number of carbonyl (C=O) groups is 2. The van der Waals surface area contributed by atoms with E-state index in [-0.39, 0.29) is 29.5 Å². The van der Waals surface area contributed by atoms with Gasteiger partial charge in [0, 0.05) is 18.0 Å². The van der Waals surface area contributed by atoms with Crippen molar-refractivity contribution in [2.75, 3.05) is 0 Å². The average molecular weight is 379 g/mol. The minimum atomic E-state index is -0.577. The van der Waals surface area contributed by atoms with E-state index in [9.17, 15) is 14.0 Å². The van der Waals surface area contributed by atoms with Crippen molar-refractivity contribution >= 4 is 11.8 Å². The normalized spacial score (nSPS) is 33.7. The topological polar surface area (TPSA) is 58.2 Å². The summed E-state index contributed by atoms with van der Waals surface area (Å²) in [7, 11) is 0. The third-order valence-corrected chi connectivity index (χ3v) is 5.87. The molecular weight excluding hydrogens is 343 g/mol. The molecule has 2 amide bonds. The molecular formula is C22H35FN2O2. The van der Waals surface area contributed by atoms with Gasteiger partial charge in [-0.3, -0.25) is 9.59 Å². The van der Waals surface area contributed by atoms with Crippen molar-refractivity contribution in [1.29, 1.82) is 0 Å². The molecule has 0 bridgehead atoms. The van der Waals surface area contributed by atoms with E-state index in [2.05, 4.69) is 24.5 Å². The van der Waals surface area contributed by atoms with E-state index < -0.39 is 6.04 Å². The summed E-state index contributed by atoms with van der Waals surface area (Å²) in [5.41, 5.74) is 0.770. The summed E-state index contributed by atoms with van der Waals surface area (Å²) in [5, 5.41) is 5.84. The van der Waals surface area contributed by atoms with Gasteiger partial charge in [-0.25, -0.2) is 4.39 Å². The summed E-state index contributed by atoms with van der Waals surface area (Å²) in [6, 6.07) is -0.577. The van der Waals surface area contributed by atoms with Crippen LogP contribution >= 0.6 is 0 Å². The Labute approximate surface area is 163 Å². The molecule has 4 unspecified atom stereocenters. The van der Waals surface area contributed by atoms with Crippen molar-refractivity contribution in [3.8, 4) is 0 Å². The van der Waals surface area contributed by atoms with Crippen molar-refractivity contribution in [1.82, 2.24) is 10.6 Å². The van der Waals surface area contributed by atoms with E-state index in [1.807, 2.05) is 13.8 Å². The molecule has 1 saturated carbocycles. The van der Waals surface area contributed by atoms with Gasteiger partial charge in [-0.05, 0) is 62.0 Å². The highest BCUT2D eigenvalue weighted by molar-refractivity contribution is 5.81. The van der Waals surface area contributed by atoms with Gasteiger partial charge in [-0.1, -0.05) is 34.1 Å². The Morgan fingerprint density at radius 1 is 1.11 bits per heavy atom. The van der Waals surface area contributed by atoms with Crippen LogP contribution in [0.2, 0.25) is 0 Å². The fraction of sp³-hybridized carbons (Fsp3) is 0.727. The van der Waals surface area contributed by atoms with Crippen molar-refractivity contribution in [2.45, 2.75) is 78.7 Å². The van der Waals surface area contributed by atoms with E-state index in [1.54, 1.807) is 6.08 Å². The standard InChI is InChI=1S/C22H35FN2O2/c1-5-6-21(26)25-20-13-15(3)11-17(9-10-19(20)23)24-22(27)18-12-14(2)7-8-16(18)4/h9-10,14-16,18,20H,5-8,11-13H2,1-4H3,(H,24,27)(H,25,26)/b17-9+,19-10?/t14?,15?,16?,18-,20?/m0/s1. The number of nitrogens with one attached hydrogen (secondary N) is 2. The zero-order chi connectivity index (χ0) is 20.0. The quantitative estimate of drug-likeness (QED) is 0.733. The van der Waals surface area contributed by atoms with Gasteiger partial charge < -0.3 is 10.6 Å². The van der Waals surface area contributed by atoms with Crippen molar-refractivity contribution in [3.63, 3.8) is 0 Å². The number of hydrogen-bond acceptors (Lipinski definition) is 2. The third-order valence-electron chi connectivity index (χ3n) is 5.87. The Morgan fingerprint density at radius 3 is 2.56 bits per heavy atom. The van der Waals surface area contributed by atoms with Gasteiger partial charge in [-0.15, -0.1) is 0 Å². The molecule has 5 heteroatoms. The molecule has 0 aromatic heterocycles. The predicted octanol–water partition coefficient (Wildman–Crippen LogP) is 4.63. The number of rotatable bonds is 5. The second kappa shape index (κ2) is 10.0. The maximum atomic E-state index is 14.5. The molecule has 27 heavy (non-hydrogen) atoms. The first-order chi connectivity index (χ1) is 12.8. The maximum absolute atomic E-state index is 14.5. The summed E-state index contributed by atoms with van der Waals surface area (Å²) >= 11 is 0. The lowest BCUT2D eigenvalue weighted by Gasteiger charge is -2.32. The fourth-order valence-corrected chi connectivity index (χ4v) is 4.20. The van der Waals surface area contributed by atoms with Gasteiger partial charge in [0.05, 0.1) is 6.04 Å². The molecule has 0 aromatic rings. The Balaban J connectivity index is 2.05. The number of hydrogen-bond donors (Lipinski definition) is 2. The molecule has 2 aliphatic carbocycles. The first-order valence-electron chi connectivity index (χ1n) is 10.5. The van der Waals surface area contributed by atoms with Crippen LogP contribution in [0.15, 0.2) is 23.7 Å². The molecule has 0 aromatic carbocycles. The zero-order valence-corrected chi connectivity index (χ0v) is 17.2. The molecule has 0 radical (unpaired) electrons. The van der Waals surface area contributed by atoms with Gasteiger partial charge in [0.25, 0.3) is 0 Å². The minimum absolute atomic E-state index is 0.0327. The van der Waals surface area contributed by atoms with Crippen LogP contribution in [-0.2, 0) is 9.59 Å². The Kier molecular flexibility index (Phi) is 8.06. The summed E-state index contributed by atoms with van der Waals surface area (Å²) in [5.74, 6) is 0.755. The van der Waals surface area contributed by atoms with Crippen molar-refractivity contribution < 1.29 is 14.0 Å². The van der Waals surface area contributed by atoms with E-state index in [0.29, 0.717) is 31.1 Å². The van der Waals surface area contributed by atoms with Gasteiger partial charge in [0.15, 0.2) is 0 Å². The van der Waals surface area contributed by atoms with Crippen LogP contribution < -0.4 is 10.6 Å². The molecule has 0 spiro atoms. The fourth-order valence-electron chi connectivity index (χ4n) is 4.20. The van der Waals surface area contributed by atoms with E-state index in [1.165, 1.54) is 12.5 Å². The van der Waals surface area contributed by atoms with Crippen LogP contribution in [0, 0.1) is 23.7 Å². The Morgan fingerprint density at radius 2 is 1.85 bits per heavy atom. The summed E-state index contributed by atoms with van der Waals surface area (Å²) < 4.78 is 14.5. The van der Waals surface area contributed by atoms with E-state index in [4.69, 9.17) is 0 Å². The van der Waals surface area contributed by atoms with E-state index in [0.717, 1.165) is 25.0 Å². The Bertz CT molecular complexity index is 599. The highest BCUT2D eigenvalue weighted by atomic mass is 19.1. The molecule has 2 N–H and O–H groups in total. The van der Waals surface area contributed by atoms with Crippen molar-refractivity contribution in [3.05, 3.63) is 23.7 Å². The molecule has 2 rings (SSSR count). The molecule has 0 aliphatic heterocycles. The molecule has 4 nitrogen and oxygen atoms in total.